The van der Waals surface area contributed by atoms with Crippen molar-refractivity contribution in [3.05, 3.63) is 76.5 Å². The van der Waals surface area contributed by atoms with Crippen LogP contribution in [0.3, 0.4) is 0 Å². The van der Waals surface area contributed by atoms with Crippen LogP contribution >= 0.6 is 11.6 Å². The zero-order valence-corrected chi connectivity index (χ0v) is 19.4. The minimum absolute atomic E-state index is 0.0250. The van der Waals surface area contributed by atoms with Crippen LogP contribution in [0.1, 0.15) is 43.8 Å². The number of anilines is 1. The molecule has 0 saturated heterocycles. The Morgan fingerprint density at radius 2 is 1.76 bits per heavy atom. The van der Waals surface area contributed by atoms with E-state index in [1.54, 1.807) is 26.8 Å². The van der Waals surface area contributed by atoms with Gasteiger partial charge in [-0.3, -0.25) is 4.98 Å². The standard InChI is InChI=1S/C24H22ClF2N5O2/c1-12(15-6-13(11-33)4-5-17(15)26)31-21-16(25)10-28-19-7-18(27)20(32-22(19)21)14-8-29-23(30-9-14)24(2,3)34/h4-10,12,33-34H,11H2,1-3H3,(H,28,31)/t12-/m1/s1. The number of hydrogen-bond acceptors (Lipinski definition) is 7. The predicted molar refractivity (Wildman–Crippen MR) is 125 cm³/mol. The average molecular weight is 486 g/mol. The van der Waals surface area contributed by atoms with Crippen LogP contribution in [0.2, 0.25) is 5.02 Å². The maximum atomic E-state index is 14.9. The molecule has 0 radical (unpaired) electrons. The minimum Gasteiger partial charge on any atom is -0.392 e. The Balaban J connectivity index is 1.78. The normalized spacial score (nSPS) is 12.7. The summed E-state index contributed by atoms with van der Waals surface area (Å²) in [4.78, 5) is 16.8. The number of pyridine rings is 2. The van der Waals surface area contributed by atoms with Crippen LogP contribution in [0.4, 0.5) is 14.5 Å². The molecule has 34 heavy (non-hydrogen) atoms. The molecular weight excluding hydrogens is 464 g/mol. The molecule has 3 heterocycles. The van der Waals surface area contributed by atoms with Crippen molar-refractivity contribution >= 4 is 28.3 Å². The molecule has 4 aromatic rings. The summed E-state index contributed by atoms with van der Waals surface area (Å²) < 4.78 is 29.4. The van der Waals surface area contributed by atoms with Crippen LogP contribution in [0, 0.1) is 11.6 Å². The van der Waals surface area contributed by atoms with E-state index in [-0.39, 0.29) is 34.2 Å². The van der Waals surface area contributed by atoms with E-state index in [1.807, 2.05) is 0 Å². The Kier molecular flexibility index (Phi) is 6.44. The summed E-state index contributed by atoms with van der Waals surface area (Å²) in [6.45, 7) is 4.60. The van der Waals surface area contributed by atoms with Crippen LogP contribution in [-0.2, 0) is 12.2 Å². The number of aliphatic hydroxyl groups excluding tert-OH is 1. The fourth-order valence-corrected chi connectivity index (χ4v) is 3.68. The van der Waals surface area contributed by atoms with Crippen molar-refractivity contribution in [1.29, 1.82) is 0 Å². The highest BCUT2D eigenvalue weighted by molar-refractivity contribution is 6.34. The number of fused-ring (bicyclic) bond motifs is 1. The lowest BCUT2D eigenvalue weighted by Crippen LogP contribution is -2.19. The highest BCUT2D eigenvalue weighted by atomic mass is 35.5. The summed E-state index contributed by atoms with van der Waals surface area (Å²) in [5, 5.41) is 22.8. The maximum Gasteiger partial charge on any atom is 0.159 e. The molecule has 0 fully saturated rings. The largest absolute Gasteiger partial charge is 0.392 e. The van der Waals surface area contributed by atoms with Gasteiger partial charge in [0.15, 0.2) is 11.6 Å². The number of benzene rings is 1. The number of nitrogens with one attached hydrogen (secondary N) is 1. The van der Waals surface area contributed by atoms with Gasteiger partial charge >= 0.3 is 0 Å². The third kappa shape index (κ3) is 4.68. The summed E-state index contributed by atoms with van der Waals surface area (Å²) in [5.41, 5.74) is 0.791. The van der Waals surface area contributed by atoms with Gasteiger partial charge in [0.1, 0.15) is 22.6 Å². The molecule has 1 atom stereocenters. The molecule has 0 bridgehead atoms. The fourth-order valence-electron chi connectivity index (χ4n) is 3.49. The monoisotopic (exact) mass is 485 g/mol. The van der Waals surface area contributed by atoms with Gasteiger partial charge in [0, 0.05) is 35.8 Å². The average Bonchev–Trinajstić information content (AvgIpc) is 2.80. The Labute approximate surface area is 199 Å². The molecule has 176 valence electrons. The highest BCUT2D eigenvalue weighted by Gasteiger charge is 2.21. The number of aliphatic hydroxyl groups is 2. The van der Waals surface area contributed by atoms with Crippen LogP contribution in [0.15, 0.2) is 42.9 Å². The van der Waals surface area contributed by atoms with Gasteiger partial charge in [-0.2, -0.15) is 0 Å². The number of rotatable bonds is 6. The molecular formula is C24H22ClF2N5O2. The first-order valence-electron chi connectivity index (χ1n) is 10.4. The second-order valence-corrected chi connectivity index (χ2v) is 8.81. The Morgan fingerprint density at radius 3 is 2.41 bits per heavy atom. The molecule has 1 aromatic carbocycles. The molecule has 7 nitrogen and oxygen atoms in total. The first kappa shape index (κ1) is 23.9. The van der Waals surface area contributed by atoms with Crippen LogP contribution < -0.4 is 5.32 Å². The zero-order chi connectivity index (χ0) is 24.6. The Bertz CT molecular complexity index is 1360. The molecule has 0 spiro atoms. The number of nitrogens with zero attached hydrogens (tertiary/aromatic N) is 4. The van der Waals surface area contributed by atoms with Gasteiger partial charge in [0.2, 0.25) is 0 Å². The van der Waals surface area contributed by atoms with E-state index in [0.717, 1.165) is 0 Å². The van der Waals surface area contributed by atoms with E-state index in [9.17, 15) is 19.0 Å². The lowest BCUT2D eigenvalue weighted by molar-refractivity contribution is 0.0687. The number of halogens is 3. The molecule has 0 aliphatic heterocycles. The van der Waals surface area contributed by atoms with Crippen molar-refractivity contribution in [3.8, 4) is 11.3 Å². The molecule has 3 N–H and O–H groups in total. The quantitative estimate of drug-likeness (QED) is 0.356. The molecule has 4 rings (SSSR count). The number of aromatic nitrogens is 4. The van der Waals surface area contributed by atoms with Crippen molar-refractivity contribution in [1.82, 2.24) is 19.9 Å². The van der Waals surface area contributed by atoms with Crippen molar-refractivity contribution in [2.75, 3.05) is 5.32 Å². The second-order valence-electron chi connectivity index (χ2n) is 8.40. The summed E-state index contributed by atoms with van der Waals surface area (Å²) in [7, 11) is 0. The van der Waals surface area contributed by atoms with Crippen LogP contribution in [-0.4, -0.2) is 30.1 Å². The summed E-state index contributed by atoms with van der Waals surface area (Å²) in [5.74, 6) is -0.900. The first-order valence-corrected chi connectivity index (χ1v) is 10.8. The summed E-state index contributed by atoms with van der Waals surface area (Å²) in [6, 6.07) is 5.01. The van der Waals surface area contributed by atoms with E-state index in [2.05, 4.69) is 25.3 Å². The van der Waals surface area contributed by atoms with E-state index < -0.39 is 23.3 Å². The van der Waals surface area contributed by atoms with Crippen molar-refractivity contribution in [2.45, 2.75) is 39.0 Å². The van der Waals surface area contributed by atoms with Crippen molar-refractivity contribution in [3.63, 3.8) is 0 Å². The van der Waals surface area contributed by atoms with E-state index in [0.29, 0.717) is 22.4 Å². The molecule has 0 unspecified atom stereocenters. The fraction of sp³-hybridized carbons (Fsp3) is 0.250. The van der Waals surface area contributed by atoms with Crippen molar-refractivity contribution in [2.24, 2.45) is 0 Å². The third-order valence-corrected chi connectivity index (χ3v) is 5.58. The number of hydrogen-bond donors (Lipinski definition) is 3. The molecule has 0 aliphatic rings. The van der Waals surface area contributed by atoms with E-state index >= 15 is 0 Å². The minimum atomic E-state index is -1.25. The molecule has 3 aromatic heterocycles. The van der Waals surface area contributed by atoms with Crippen LogP contribution in [0.5, 0.6) is 0 Å². The Hall–Kier alpha value is -3.27. The highest BCUT2D eigenvalue weighted by Crippen LogP contribution is 2.34. The SMILES string of the molecule is C[C@@H](Nc1c(Cl)cnc2cc(F)c(-c3cnc(C(C)(C)O)nc3)nc12)c1cc(CO)ccc1F. The van der Waals surface area contributed by atoms with E-state index in [1.165, 1.54) is 36.8 Å². The lowest BCUT2D eigenvalue weighted by atomic mass is 10.0. The Morgan fingerprint density at radius 1 is 1.06 bits per heavy atom. The smallest absolute Gasteiger partial charge is 0.159 e. The molecule has 10 heteroatoms. The topological polar surface area (TPSA) is 104 Å². The van der Waals surface area contributed by atoms with Gasteiger partial charge in [0.25, 0.3) is 0 Å². The van der Waals surface area contributed by atoms with Gasteiger partial charge in [0.05, 0.1) is 28.9 Å². The zero-order valence-electron chi connectivity index (χ0n) is 18.6. The van der Waals surface area contributed by atoms with Gasteiger partial charge in [-0.15, -0.1) is 0 Å². The van der Waals surface area contributed by atoms with Crippen molar-refractivity contribution < 1.29 is 19.0 Å². The molecule has 0 amide bonds. The van der Waals surface area contributed by atoms with E-state index in [4.69, 9.17) is 11.6 Å². The third-order valence-electron chi connectivity index (χ3n) is 5.29. The maximum absolute atomic E-state index is 14.9. The lowest BCUT2D eigenvalue weighted by Gasteiger charge is -2.19. The first-order chi connectivity index (χ1) is 16.1. The van der Waals surface area contributed by atoms with Gasteiger partial charge < -0.3 is 15.5 Å². The predicted octanol–water partition coefficient (Wildman–Crippen LogP) is 4.91. The molecule has 0 saturated carbocycles. The van der Waals surface area contributed by atoms with Gasteiger partial charge in [-0.25, -0.2) is 23.7 Å². The van der Waals surface area contributed by atoms with Gasteiger partial charge in [-0.1, -0.05) is 17.7 Å². The molecule has 0 aliphatic carbocycles. The van der Waals surface area contributed by atoms with Gasteiger partial charge in [-0.05, 0) is 38.5 Å². The summed E-state index contributed by atoms with van der Waals surface area (Å²) in [6.07, 6.45) is 4.11. The second kappa shape index (κ2) is 9.17. The summed E-state index contributed by atoms with van der Waals surface area (Å²) >= 11 is 6.40. The van der Waals surface area contributed by atoms with Crippen LogP contribution in [0.25, 0.3) is 22.3 Å².